The number of hydrogen-bond acceptors (Lipinski definition) is 8. The predicted molar refractivity (Wildman–Crippen MR) is 127 cm³/mol. The zero-order valence-electron chi connectivity index (χ0n) is 20.6. The number of esters is 2. The molecule has 0 radical (unpaired) electrons. The molecule has 10 heteroatoms. The summed E-state index contributed by atoms with van der Waals surface area (Å²) >= 11 is 0. The molecule has 0 bridgehead atoms. The summed E-state index contributed by atoms with van der Waals surface area (Å²) in [5.41, 5.74) is 1.99. The number of benzene rings is 1. The Labute approximate surface area is 203 Å². The fourth-order valence-corrected chi connectivity index (χ4v) is 4.23. The van der Waals surface area contributed by atoms with Crippen LogP contribution in [0, 0.1) is 13.8 Å². The molecule has 1 saturated heterocycles. The van der Waals surface area contributed by atoms with Crippen LogP contribution in [0.2, 0.25) is 0 Å². The van der Waals surface area contributed by atoms with Crippen molar-refractivity contribution in [2.24, 2.45) is 0 Å². The molecule has 2 N–H and O–H groups in total. The van der Waals surface area contributed by atoms with E-state index in [0.29, 0.717) is 28.9 Å². The van der Waals surface area contributed by atoms with Crippen LogP contribution in [0.15, 0.2) is 29.8 Å². The summed E-state index contributed by atoms with van der Waals surface area (Å²) < 4.78 is 9.53. The second-order valence-corrected chi connectivity index (χ2v) is 8.53. The Morgan fingerprint density at radius 3 is 2.20 bits per heavy atom. The highest BCUT2D eigenvalue weighted by atomic mass is 16.5. The number of ether oxygens (including phenoxy) is 2. The average Bonchev–Trinajstić information content (AvgIpc) is 3.28. The maximum Gasteiger partial charge on any atom is 0.354 e. The number of amides is 1. The Balaban J connectivity index is 2.21. The van der Waals surface area contributed by atoms with Crippen molar-refractivity contribution in [2.45, 2.75) is 19.9 Å². The number of carbonyl (C=O) groups excluding carboxylic acids is 4. The lowest BCUT2D eigenvalue weighted by Crippen LogP contribution is -2.35. The van der Waals surface area contributed by atoms with Crippen molar-refractivity contribution in [3.63, 3.8) is 0 Å². The number of Topliss-reactive ketones (excluding diaryl/α,β-unsaturated/α-hetero) is 1. The maximum absolute atomic E-state index is 13.2. The van der Waals surface area contributed by atoms with E-state index in [0.717, 1.165) is 0 Å². The number of aryl methyl sites for hydroxylation is 1. The van der Waals surface area contributed by atoms with Gasteiger partial charge < -0.3 is 29.4 Å². The van der Waals surface area contributed by atoms with Crippen molar-refractivity contribution < 1.29 is 33.8 Å². The second kappa shape index (κ2) is 10.1. The van der Waals surface area contributed by atoms with Gasteiger partial charge in [0, 0.05) is 24.3 Å². The molecule has 1 aromatic carbocycles. The van der Waals surface area contributed by atoms with Crippen LogP contribution >= 0.6 is 0 Å². The maximum atomic E-state index is 13.2. The van der Waals surface area contributed by atoms with Gasteiger partial charge in [0.25, 0.3) is 11.7 Å². The summed E-state index contributed by atoms with van der Waals surface area (Å²) in [7, 11) is 6.21. The summed E-state index contributed by atoms with van der Waals surface area (Å²) in [5, 5.41) is 11.4. The van der Waals surface area contributed by atoms with Gasteiger partial charge in [-0.25, -0.2) is 9.59 Å². The number of aromatic nitrogens is 1. The van der Waals surface area contributed by atoms with Crippen molar-refractivity contribution in [3.8, 4) is 0 Å². The number of methoxy groups -OCH3 is 2. The lowest BCUT2D eigenvalue weighted by Gasteiger charge is -2.26. The Morgan fingerprint density at radius 1 is 1.06 bits per heavy atom. The lowest BCUT2D eigenvalue weighted by molar-refractivity contribution is -0.140. The summed E-state index contributed by atoms with van der Waals surface area (Å²) in [6.45, 7) is 3.98. The van der Waals surface area contributed by atoms with Gasteiger partial charge in [-0.2, -0.15) is 0 Å². The van der Waals surface area contributed by atoms with Gasteiger partial charge in [-0.05, 0) is 51.2 Å². The molecule has 2 heterocycles. The molecule has 10 nitrogen and oxygen atoms in total. The highest BCUT2D eigenvalue weighted by Crippen LogP contribution is 2.40. The minimum absolute atomic E-state index is 0.0961. The van der Waals surface area contributed by atoms with Crippen molar-refractivity contribution >= 4 is 29.4 Å². The molecule has 0 spiro atoms. The number of aliphatic hydroxyl groups excluding tert-OH is 1. The van der Waals surface area contributed by atoms with E-state index in [4.69, 9.17) is 9.47 Å². The van der Waals surface area contributed by atoms with Crippen LogP contribution in [0.4, 0.5) is 0 Å². The molecule has 1 fully saturated rings. The third-order valence-corrected chi connectivity index (χ3v) is 6.04. The van der Waals surface area contributed by atoms with Crippen LogP contribution in [-0.2, 0) is 19.1 Å². The molecule has 1 atom stereocenters. The van der Waals surface area contributed by atoms with Gasteiger partial charge in [-0.1, -0.05) is 12.1 Å². The topological polar surface area (TPSA) is 129 Å². The number of rotatable bonds is 7. The van der Waals surface area contributed by atoms with E-state index in [1.54, 1.807) is 26.0 Å². The van der Waals surface area contributed by atoms with E-state index in [2.05, 4.69) is 4.98 Å². The number of nitrogens with one attached hydrogen (secondary N) is 1. The first-order chi connectivity index (χ1) is 16.5. The SMILES string of the molecule is COC(=O)c1ccc([C@@H]2C(=C(O)c3c(C)[nH]c(C(=O)OC)c3C)C(=O)C(=O)N2CCN(C)C)cc1. The Hall–Kier alpha value is -3.92. The smallest absolute Gasteiger partial charge is 0.354 e. The highest BCUT2D eigenvalue weighted by Gasteiger charge is 2.46. The zero-order valence-corrected chi connectivity index (χ0v) is 20.6. The minimum atomic E-state index is -0.892. The van der Waals surface area contributed by atoms with Gasteiger partial charge in [0.05, 0.1) is 31.4 Å². The number of likely N-dealkylation sites (N-methyl/N-ethyl adjacent to an activating group) is 1. The first kappa shape index (κ1) is 25.7. The highest BCUT2D eigenvalue weighted by molar-refractivity contribution is 6.46. The van der Waals surface area contributed by atoms with E-state index < -0.39 is 29.7 Å². The van der Waals surface area contributed by atoms with Crippen molar-refractivity contribution in [2.75, 3.05) is 41.4 Å². The number of nitrogens with zero attached hydrogens (tertiary/aromatic N) is 2. The fourth-order valence-electron chi connectivity index (χ4n) is 4.23. The molecule has 0 unspecified atom stereocenters. The summed E-state index contributed by atoms with van der Waals surface area (Å²) in [6, 6.07) is 5.42. The van der Waals surface area contributed by atoms with E-state index in [1.807, 2.05) is 19.0 Å². The molecule has 1 amide bonds. The fraction of sp³-hybridized carbons (Fsp3) is 0.360. The average molecular weight is 484 g/mol. The Morgan fingerprint density at radius 2 is 1.66 bits per heavy atom. The number of ketones is 1. The molecule has 0 aliphatic carbocycles. The Kier molecular flexibility index (Phi) is 7.45. The van der Waals surface area contributed by atoms with Gasteiger partial charge >= 0.3 is 11.9 Å². The standard InChI is InChI=1S/C25H29N3O7/c1-13-17(14(2)26-19(13)25(33)35-6)21(29)18-20(15-7-9-16(10-8-15)24(32)34-5)28(12-11-27(3)4)23(31)22(18)30/h7-10,20,26,29H,11-12H2,1-6H3/t20-/m1/s1. The normalized spacial score (nSPS) is 17.2. The predicted octanol–water partition coefficient (Wildman–Crippen LogP) is 2.19. The molecule has 2 aromatic rings. The number of H-pyrrole nitrogens is 1. The molecular weight excluding hydrogens is 454 g/mol. The molecule has 1 aliphatic rings. The quantitative estimate of drug-likeness (QED) is 0.265. The van der Waals surface area contributed by atoms with Crippen LogP contribution in [-0.4, -0.2) is 84.9 Å². The van der Waals surface area contributed by atoms with Crippen molar-refractivity contribution in [1.29, 1.82) is 0 Å². The number of aromatic amines is 1. The monoisotopic (exact) mass is 483 g/mol. The van der Waals surface area contributed by atoms with Crippen LogP contribution in [0.1, 0.15) is 49.3 Å². The number of aliphatic hydroxyl groups is 1. The molecule has 3 rings (SSSR count). The van der Waals surface area contributed by atoms with Gasteiger partial charge in [0.1, 0.15) is 11.5 Å². The second-order valence-electron chi connectivity index (χ2n) is 8.53. The molecule has 1 aliphatic heterocycles. The number of likely N-dealkylation sites (tertiary alicyclic amines) is 1. The van der Waals surface area contributed by atoms with E-state index in [9.17, 15) is 24.3 Å². The van der Waals surface area contributed by atoms with Crippen molar-refractivity contribution in [1.82, 2.24) is 14.8 Å². The van der Waals surface area contributed by atoms with E-state index in [-0.39, 0.29) is 29.1 Å². The summed E-state index contributed by atoms with van der Waals surface area (Å²) in [5.74, 6) is -3.10. The van der Waals surface area contributed by atoms with E-state index >= 15 is 0 Å². The molecule has 35 heavy (non-hydrogen) atoms. The van der Waals surface area contributed by atoms with Crippen LogP contribution in [0.25, 0.3) is 5.76 Å². The van der Waals surface area contributed by atoms with E-state index in [1.165, 1.54) is 31.3 Å². The first-order valence-corrected chi connectivity index (χ1v) is 10.9. The minimum Gasteiger partial charge on any atom is -0.507 e. The lowest BCUT2D eigenvalue weighted by atomic mass is 9.93. The number of hydrogen-bond donors (Lipinski definition) is 2. The van der Waals surface area contributed by atoms with Gasteiger partial charge in [-0.15, -0.1) is 0 Å². The molecule has 0 saturated carbocycles. The molecule has 1 aromatic heterocycles. The van der Waals surface area contributed by atoms with Crippen molar-refractivity contribution in [3.05, 3.63) is 63.5 Å². The van der Waals surface area contributed by atoms with Crippen LogP contribution in [0.5, 0.6) is 0 Å². The summed E-state index contributed by atoms with van der Waals surface area (Å²) in [4.78, 5) is 56.4. The number of carbonyl (C=O) groups is 4. The van der Waals surface area contributed by atoms with Crippen LogP contribution < -0.4 is 0 Å². The molecular formula is C25H29N3O7. The van der Waals surface area contributed by atoms with Gasteiger partial charge in [-0.3, -0.25) is 9.59 Å². The third-order valence-electron chi connectivity index (χ3n) is 6.04. The largest absolute Gasteiger partial charge is 0.507 e. The summed E-state index contributed by atoms with van der Waals surface area (Å²) in [6.07, 6.45) is 0. The van der Waals surface area contributed by atoms with Gasteiger partial charge in [0.15, 0.2) is 0 Å². The zero-order chi connectivity index (χ0) is 26.0. The third kappa shape index (κ3) is 4.69. The molecule has 186 valence electrons. The Bertz CT molecular complexity index is 1210. The van der Waals surface area contributed by atoms with Gasteiger partial charge in [0.2, 0.25) is 0 Å². The van der Waals surface area contributed by atoms with Crippen LogP contribution in [0.3, 0.4) is 0 Å². The first-order valence-electron chi connectivity index (χ1n) is 10.9.